The summed E-state index contributed by atoms with van der Waals surface area (Å²) in [5.74, 6) is 0.578. The number of thiophene rings is 1. The molecule has 2 aromatic carbocycles. The molecule has 4 rings (SSSR count). The minimum Gasteiger partial charge on any atom is -0.495 e. The van der Waals surface area contributed by atoms with Crippen LogP contribution in [0.25, 0.3) is 0 Å². The first-order valence-electron chi connectivity index (χ1n) is 9.65. The van der Waals surface area contributed by atoms with Gasteiger partial charge in [0.1, 0.15) is 11.5 Å². The van der Waals surface area contributed by atoms with E-state index in [0.717, 1.165) is 10.4 Å². The van der Waals surface area contributed by atoms with Gasteiger partial charge in [-0.3, -0.25) is 9.59 Å². The van der Waals surface area contributed by atoms with Gasteiger partial charge in [0.25, 0.3) is 5.91 Å². The fraction of sp³-hybridized carbons (Fsp3) is 0.217. The van der Waals surface area contributed by atoms with Gasteiger partial charge in [0.05, 0.1) is 37.4 Å². The molecule has 0 bridgehead atoms. The van der Waals surface area contributed by atoms with Crippen LogP contribution in [0.2, 0.25) is 5.02 Å². The molecule has 2 amide bonds. The summed E-state index contributed by atoms with van der Waals surface area (Å²) in [4.78, 5) is 28.8. The second-order valence-electron chi connectivity index (χ2n) is 7.06. The Kier molecular flexibility index (Phi) is 6.15. The van der Waals surface area contributed by atoms with Crippen LogP contribution in [0.1, 0.15) is 33.3 Å². The zero-order chi connectivity index (χ0) is 22.0. The molecule has 2 heterocycles. The minimum absolute atomic E-state index is 0.0631. The van der Waals surface area contributed by atoms with Crippen LogP contribution in [0.5, 0.6) is 11.5 Å². The lowest BCUT2D eigenvalue weighted by molar-refractivity contribution is -0.117. The number of amides is 2. The largest absolute Gasteiger partial charge is 0.495 e. The summed E-state index contributed by atoms with van der Waals surface area (Å²) in [5.41, 5.74) is 2.10. The number of hydrogen-bond acceptors (Lipinski definition) is 5. The average Bonchev–Trinajstić information content (AvgIpc) is 3.41. The topological polar surface area (TPSA) is 67.9 Å². The molecule has 1 atom stereocenters. The zero-order valence-electron chi connectivity index (χ0n) is 17.1. The second-order valence-corrected chi connectivity index (χ2v) is 8.45. The first-order valence-corrected chi connectivity index (χ1v) is 10.9. The number of carbonyl (C=O) groups excluding carboxylic acids is 2. The normalized spacial score (nSPS) is 13.6. The highest BCUT2D eigenvalue weighted by Gasteiger charge is 2.35. The number of hydrogen-bond donors (Lipinski definition) is 1. The molecule has 0 spiro atoms. The van der Waals surface area contributed by atoms with Crippen molar-refractivity contribution in [2.75, 3.05) is 19.5 Å². The van der Waals surface area contributed by atoms with E-state index >= 15 is 0 Å². The Morgan fingerprint density at radius 2 is 1.94 bits per heavy atom. The molecule has 1 aromatic heterocycles. The fourth-order valence-corrected chi connectivity index (χ4v) is 4.79. The molecule has 0 fully saturated rings. The number of fused-ring (bicyclic) bond motifs is 1. The van der Waals surface area contributed by atoms with Crippen molar-refractivity contribution in [3.05, 3.63) is 74.9 Å². The van der Waals surface area contributed by atoms with E-state index in [9.17, 15) is 9.59 Å². The molecular weight excluding hydrogens is 436 g/mol. The molecule has 0 radical (unpaired) electrons. The summed E-state index contributed by atoms with van der Waals surface area (Å²) in [6.07, 6.45) is 0.104. The van der Waals surface area contributed by atoms with Crippen LogP contribution in [0, 0.1) is 0 Å². The number of anilines is 1. The van der Waals surface area contributed by atoms with Crippen molar-refractivity contribution in [2.45, 2.75) is 19.0 Å². The van der Waals surface area contributed by atoms with Crippen LogP contribution >= 0.6 is 22.9 Å². The van der Waals surface area contributed by atoms with E-state index in [4.69, 9.17) is 21.1 Å². The molecule has 0 aliphatic carbocycles. The number of nitrogens with one attached hydrogen (secondary N) is 1. The maximum atomic E-state index is 13.0. The second kappa shape index (κ2) is 8.99. The van der Waals surface area contributed by atoms with E-state index in [1.54, 1.807) is 17.0 Å². The highest BCUT2D eigenvalue weighted by molar-refractivity contribution is 7.10. The summed E-state index contributed by atoms with van der Waals surface area (Å²) in [5, 5.41) is 5.17. The van der Waals surface area contributed by atoms with Crippen molar-refractivity contribution in [1.29, 1.82) is 0 Å². The summed E-state index contributed by atoms with van der Waals surface area (Å²) < 4.78 is 10.6. The Labute approximate surface area is 189 Å². The van der Waals surface area contributed by atoms with E-state index in [0.29, 0.717) is 34.3 Å². The van der Waals surface area contributed by atoms with Gasteiger partial charge in [0, 0.05) is 23.1 Å². The van der Waals surface area contributed by atoms with Crippen molar-refractivity contribution in [1.82, 2.24) is 4.90 Å². The molecule has 0 unspecified atom stereocenters. The molecule has 8 heteroatoms. The Bertz CT molecular complexity index is 1120. The van der Waals surface area contributed by atoms with Crippen LogP contribution in [-0.4, -0.2) is 30.9 Å². The minimum atomic E-state index is -0.375. The third kappa shape index (κ3) is 4.24. The van der Waals surface area contributed by atoms with Crippen LogP contribution < -0.4 is 14.8 Å². The predicted molar refractivity (Wildman–Crippen MR) is 121 cm³/mol. The number of benzene rings is 2. The molecular formula is C23H21ClN2O4S. The summed E-state index contributed by atoms with van der Waals surface area (Å²) in [6, 6.07) is 14.3. The van der Waals surface area contributed by atoms with Crippen molar-refractivity contribution >= 4 is 40.4 Å². The number of ether oxygens (including phenoxy) is 2. The summed E-state index contributed by atoms with van der Waals surface area (Å²) in [7, 11) is 3.02. The monoisotopic (exact) mass is 456 g/mol. The molecule has 31 heavy (non-hydrogen) atoms. The van der Waals surface area contributed by atoms with Gasteiger partial charge >= 0.3 is 0 Å². The van der Waals surface area contributed by atoms with Crippen molar-refractivity contribution in [3.8, 4) is 11.5 Å². The van der Waals surface area contributed by atoms with Crippen molar-refractivity contribution < 1.29 is 19.1 Å². The first-order chi connectivity index (χ1) is 15.0. The van der Waals surface area contributed by atoms with Gasteiger partial charge < -0.3 is 19.7 Å². The fourth-order valence-electron chi connectivity index (χ4n) is 3.71. The standard InChI is InChI=1S/C23H21ClN2O4S/c1-29-19-12-20(30-2)17(10-16(19)24)25-22(27)11-18(21-8-5-9-31-21)26-13-14-6-3-4-7-15(14)23(26)28/h3-10,12,18H,11,13H2,1-2H3,(H,25,27)/t18-/m1/s1. The Hall–Kier alpha value is -3.03. The Morgan fingerprint density at radius 3 is 2.61 bits per heavy atom. The Morgan fingerprint density at radius 1 is 1.16 bits per heavy atom. The molecule has 0 saturated carbocycles. The molecule has 0 saturated heterocycles. The van der Waals surface area contributed by atoms with E-state index < -0.39 is 0 Å². The van der Waals surface area contributed by atoms with Crippen molar-refractivity contribution in [3.63, 3.8) is 0 Å². The van der Waals surface area contributed by atoms with Gasteiger partial charge in [0.2, 0.25) is 5.91 Å². The van der Waals surface area contributed by atoms with Crippen LogP contribution in [0.15, 0.2) is 53.9 Å². The van der Waals surface area contributed by atoms with Gasteiger partial charge in [-0.25, -0.2) is 0 Å². The molecule has 160 valence electrons. The van der Waals surface area contributed by atoms with Crippen LogP contribution in [0.3, 0.4) is 0 Å². The summed E-state index contributed by atoms with van der Waals surface area (Å²) >= 11 is 7.75. The third-order valence-corrected chi connectivity index (χ3v) is 6.49. The number of methoxy groups -OCH3 is 2. The third-order valence-electron chi connectivity index (χ3n) is 5.22. The predicted octanol–water partition coefficient (Wildman–Crippen LogP) is 5.14. The number of rotatable bonds is 7. The SMILES string of the molecule is COc1cc(OC)c(NC(=O)C[C@H](c2cccs2)N2Cc3ccccc3C2=O)cc1Cl. The molecule has 3 aromatic rings. The Balaban J connectivity index is 1.57. The lowest BCUT2D eigenvalue weighted by Crippen LogP contribution is -2.31. The van der Waals surface area contributed by atoms with Gasteiger partial charge in [-0.1, -0.05) is 35.9 Å². The van der Waals surface area contributed by atoms with Gasteiger partial charge in [-0.15, -0.1) is 11.3 Å². The highest BCUT2D eigenvalue weighted by atomic mass is 35.5. The smallest absolute Gasteiger partial charge is 0.255 e. The van der Waals surface area contributed by atoms with E-state index in [-0.39, 0.29) is 24.3 Å². The van der Waals surface area contributed by atoms with Gasteiger partial charge in [0.15, 0.2) is 0 Å². The van der Waals surface area contributed by atoms with Crippen molar-refractivity contribution in [2.24, 2.45) is 0 Å². The highest BCUT2D eigenvalue weighted by Crippen LogP contribution is 2.38. The quantitative estimate of drug-likeness (QED) is 0.534. The lowest BCUT2D eigenvalue weighted by Gasteiger charge is -2.27. The van der Waals surface area contributed by atoms with Gasteiger partial charge in [-0.2, -0.15) is 0 Å². The van der Waals surface area contributed by atoms with E-state index in [1.807, 2.05) is 41.8 Å². The maximum absolute atomic E-state index is 13.0. The first kappa shape index (κ1) is 21.2. The molecule has 1 N–H and O–H groups in total. The maximum Gasteiger partial charge on any atom is 0.255 e. The van der Waals surface area contributed by atoms with E-state index in [1.165, 1.54) is 25.6 Å². The van der Waals surface area contributed by atoms with E-state index in [2.05, 4.69) is 5.32 Å². The molecule has 1 aliphatic rings. The molecule has 1 aliphatic heterocycles. The zero-order valence-corrected chi connectivity index (χ0v) is 18.6. The number of nitrogens with zero attached hydrogens (tertiary/aromatic N) is 1. The van der Waals surface area contributed by atoms with Crippen LogP contribution in [0.4, 0.5) is 5.69 Å². The average molecular weight is 457 g/mol. The molecule has 6 nitrogen and oxygen atoms in total. The van der Waals surface area contributed by atoms with Gasteiger partial charge in [-0.05, 0) is 29.1 Å². The number of halogens is 1. The summed E-state index contributed by atoms with van der Waals surface area (Å²) in [6.45, 7) is 0.475. The van der Waals surface area contributed by atoms with Crippen LogP contribution in [-0.2, 0) is 11.3 Å². The lowest BCUT2D eigenvalue weighted by atomic mass is 10.1. The number of carbonyl (C=O) groups is 2.